The number of hydrogen-bond acceptors (Lipinski definition) is 4. The highest BCUT2D eigenvalue weighted by Crippen LogP contribution is 2.43. The zero-order valence-corrected chi connectivity index (χ0v) is 12.3. The van der Waals surface area contributed by atoms with E-state index in [-0.39, 0.29) is 11.6 Å². The molecule has 1 saturated heterocycles. The van der Waals surface area contributed by atoms with E-state index in [1.54, 1.807) is 0 Å². The molecule has 2 unspecified atom stereocenters. The zero-order valence-electron chi connectivity index (χ0n) is 12.3. The molecule has 1 spiro atoms. The fourth-order valence-corrected chi connectivity index (χ4v) is 3.94. The molecule has 20 heavy (non-hydrogen) atoms. The van der Waals surface area contributed by atoms with Gasteiger partial charge >= 0.3 is 0 Å². The van der Waals surface area contributed by atoms with Crippen molar-refractivity contribution in [2.75, 3.05) is 13.7 Å². The molecule has 0 amide bonds. The Balaban J connectivity index is 1.75. The van der Waals surface area contributed by atoms with Gasteiger partial charge in [0.05, 0.1) is 11.6 Å². The zero-order chi connectivity index (χ0) is 13.8. The molecular weight excluding hydrogens is 250 g/mol. The van der Waals surface area contributed by atoms with Crippen molar-refractivity contribution in [3.05, 3.63) is 24.3 Å². The molecule has 1 aromatic heterocycles. The molecule has 2 atom stereocenters. The summed E-state index contributed by atoms with van der Waals surface area (Å²) in [5.41, 5.74) is 0.144. The number of nitrogens with zero attached hydrogens (tertiary/aromatic N) is 2. The van der Waals surface area contributed by atoms with Crippen molar-refractivity contribution in [2.45, 2.75) is 56.6 Å². The lowest BCUT2D eigenvalue weighted by atomic mass is 9.74. The molecule has 1 N–H and O–H groups in total. The van der Waals surface area contributed by atoms with Gasteiger partial charge in [-0.15, -0.1) is 0 Å². The van der Waals surface area contributed by atoms with Crippen molar-refractivity contribution in [1.82, 2.24) is 15.3 Å². The summed E-state index contributed by atoms with van der Waals surface area (Å²) in [7, 11) is 2.02. The van der Waals surface area contributed by atoms with E-state index >= 15 is 0 Å². The van der Waals surface area contributed by atoms with E-state index in [2.05, 4.69) is 15.3 Å². The summed E-state index contributed by atoms with van der Waals surface area (Å²) in [6.45, 7) is 0.885. The van der Waals surface area contributed by atoms with Crippen LogP contribution in [-0.2, 0) is 4.74 Å². The molecule has 4 heteroatoms. The van der Waals surface area contributed by atoms with Crippen LogP contribution >= 0.6 is 0 Å². The number of aromatic nitrogens is 2. The second-order valence-corrected chi connectivity index (χ2v) is 6.22. The lowest BCUT2D eigenvalue weighted by Gasteiger charge is -2.45. The first kappa shape index (κ1) is 14.0. The predicted octanol–water partition coefficient (Wildman–Crippen LogP) is 2.87. The highest BCUT2D eigenvalue weighted by Gasteiger charge is 2.41. The van der Waals surface area contributed by atoms with Gasteiger partial charge in [0, 0.05) is 19.0 Å². The first-order chi connectivity index (χ1) is 9.83. The molecule has 0 radical (unpaired) electrons. The van der Waals surface area contributed by atoms with Crippen molar-refractivity contribution in [3.8, 4) is 0 Å². The van der Waals surface area contributed by atoms with E-state index in [1.807, 2.05) is 25.5 Å². The minimum Gasteiger partial charge on any atom is -0.375 e. The Morgan fingerprint density at radius 2 is 2.00 bits per heavy atom. The van der Waals surface area contributed by atoms with Gasteiger partial charge in [0.25, 0.3) is 0 Å². The molecular formula is C16H25N3O. The van der Waals surface area contributed by atoms with Crippen LogP contribution in [0.25, 0.3) is 0 Å². The van der Waals surface area contributed by atoms with Gasteiger partial charge in [-0.05, 0) is 44.7 Å². The summed E-state index contributed by atoms with van der Waals surface area (Å²) in [5, 5.41) is 3.43. The summed E-state index contributed by atoms with van der Waals surface area (Å²) in [6, 6.07) is 2.13. The third kappa shape index (κ3) is 2.86. The molecule has 1 aliphatic heterocycles. The van der Waals surface area contributed by atoms with Crippen molar-refractivity contribution in [1.29, 1.82) is 0 Å². The van der Waals surface area contributed by atoms with E-state index in [1.165, 1.54) is 32.1 Å². The third-order valence-electron chi connectivity index (χ3n) is 4.94. The maximum absolute atomic E-state index is 6.20. The summed E-state index contributed by atoms with van der Waals surface area (Å²) >= 11 is 0. The molecule has 2 fully saturated rings. The van der Waals surface area contributed by atoms with Crippen LogP contribution in [0.2, 0.25) is 0 Å². The van der Waals surface area contributed by atoms with Gasteiger partial charge < -0.3 is 10.1 Å². The summed E-state index contributed by atoms with van der Waals surface area (Å²) in [6.07, 6.45) is 12.4. The second kappa shape index (κ2) is 6.19. The van der Waals surface area contributed by atoms with Crippen molar-refractivity contribution in [2.24, 2.45) is 5.92 Å². The van der Waals surface area contributed by atoms with Crippen LogP contribution in [0.5, 0.6) is 0 Å². The quantitative estimate of drug-likeness (QED) is 0.921. The van der Waals surface area contributed by atoms with Gasteiger partial charge in [0.2, 0.25) is 0 Å². The fourth-order valence-electron chi connectivity index (χ4n) is 3.94. The molecule has 1 aromatic rings. The summed E-state index contributed by atoms with van der Waals surface area (Å²) in [4.78, 5) is 8.89. The molecule has 2 heterocycles. The lowest BCUT2D eigenvalue weighted by Crippen LogP contribution is -2.44. The highest BCUT2D eigenvalue weighted by atomic mass is 16.5. The summed E-state index contributed by atoms with van der Waals surface area (Å²) in [5.74, 6) is 1.50. The van der Waals surface area contributed by atoms with E-state index in [0.717, 1.165) is 25.3 Å². The van der Waals surface area contributed by atoms with E-state index < -0.39 is 0 Å². The first-order valence-electron chi connectivity index (χ1n) is 7.91. The molecule has 2 aliphatic rings. The van der Waals surface area contributed by atoms with Crippen LogP contribution in [-0.4, -0.2) is 29.2 Å². The van der Waals surface area contributed by atoms with E-state index in [9.17, 15) is 0 Å². The molecule has 1 saturated carbocycles. The first-order valence-corrected chi connectivity index (χ1v) is 7.91. The van der Waals surface area contributed by atoms with Gasteiger partial charge in [0.15, 0.2) is 0 Å². The summed E-state index contributed by atoms with van der Waals surface area (Å²) < 4.78 is 6.20. The third-order valence-corrected chi connectivity index (χ3v) is 4.94. The molecule has 110 valence electrons. The average Bonchev–Trinajstić information content (AvgIpc) is 2.50. The lowest BCUT2D eigenvalue weighted by molar-refractivity contribution is -0.122. The largest absolute Gasteiger partial charge is 0.375 e. The molecule has 0 aromatic carbocycles. The van der Waals surface area contributed by atoms with Crippen LogP contribution in [0.1, 0.15) is 56.8 Å². The Morgan fingerprint density at radius 3 is 2.70 bits per heavy atom. The Bertz CT molecular complexity index is 411. The second-order valence-electron chi connectivity index (χ2n) is 6.22. The highest BCUT2D eigenvalue weighted by molar-refractivity contribution is 5.01. The smallest absolute Gasteiger partial charge is 0.145 e. The van der Waals surface area contributed by atoms with Crippen molar-refractivity contribution in [3.63, 3.8) is 0 Å². The Labute approximate surface area is 121 Å². The van der Waals surface area contributed by atoms with Crippen molar-refractivity contribution < 1.29 is 4.74 Å². The van der Waals surface area contributed by atoms with E-state index in [0.29, 0.717) is 5.92 Å². The predicted molar refractivity (Wildman–Crippen MR) is 78.3 cm³/mol. The fraction of sp³-hybridized carbons (Fsp3) is 0.750. The van der Waals surface area contributed by atoms with Crippen LogP contribution in [0.3, 0.4) is 0 Å². The van der Waals surface area contributed by atoms with Crippen LogP contribution in [0, 0.1) is 5.92 Å². The monoisotopic (exact) mass is 275 g/mol. The Kier molecular flexibility index (Phi) is 4.32. The van der Waals surface area contributed by atoms with Gasteiger partial charge in [-0.25, -0.2) is 9.97 Å². The van der Waals surface area contributed by atoms with Crippen LogP contribution < -0.4 is 5.32 Å². The SMILES string of the molecule is CNC(c1ncccn1)C1CCOC2(CCCCC2)C1. The Hall–Kier alpha value is -1.00. The molecule has 0 bridgehead atoms. The van der Waals surface area contributed by atoms with Crippen LogP contribution in [0.15, 0.2) is 18.5 Å². The van der Waals surface area contributed by atoms with Gasteiger partial charge in [-0.1, -0.05) is 19.3 Å². The number of hydrogen-bond donors (Lipinski definition) is 1. The van der Waals surface area contributed by atoms with Crippen molar-refractivity contribution >= 4 is 0 Å². The van der Waals surface area contributed by atoms with E-state index in [4.69, 9.17) is 4.74 Å². The molecule has 1 aliphatic carbocycles. The molecule has 4 nitrogen and oxygen atoms in total. The maximum Gasteiger partial charge on any atom is 0.145 e. The van der Waals surface area contributed by atoms with Crippen LogP contribution in [0.4, 0.5) is 0 Å². The van der Waals surface area contributed by atoms with Gasteiger partial charge in [0.1, 0.15) is 5.82 Å². The minimum atomic E-state index is 0.144. The number of ether oxygens (including phenoxy) is 1. The van der Waals surface area contributed by atoms with Gasteiger partial charge in [-0.3, -0.25) is 0 Å². The topological polar surface area (TPSA) is 47.0 Å². The number of rotatable bonds is 3. The van der Waals surface area contributed by atoms with Gasteiger partial charge in [-0.2, -0.15) is 0 Å². The minimum absolute atomic E-state index is 0.144. The maximum atomic E-state index is 6.20. The number of nitrogens with one attached hydrogen (secondary N) is 1. The Morgan fingerprint density at radius 1 is 1.25 bits per heavy atom. The average molecular weight is 275 g/mol. The molecule has 3 rings (SSSR count). The standard InChI is InChI=1S/C16H25N3O/c1-17-14(15-18-9-5-10-19-15)13-6-11-20-16(12-13)7-3-2-4-8-16/h5,9-10,13-14,17H,2-4,6-8,11-12H2,1H3. The normalized spacial score (nSPS) is 27.4.